The quantitative estimate of drug-likeness (QED) is 0.822. The Morgan fingerprint density at radius 2 is 2.14 bits per heavy atom. The number of halogens is 2. The molecule has 0 aliphatic heterocycles. The van der Waals surface area contributed by atoms with Crippen molar-refractivity contribution in [1.82, 2.24) is 5.32 Å². The Bertz CT molecular complexity index is 516. The Kier molecular flexibility index (Phi) is 4.52. The summed E-state index contributed by atoms with van der Waals surface area (Å²) < 4.78 is 5.91. The molecule has 0 aromatic heterocycles. The average Bonchev–Trinajstić information content (AvgIpc) is 2.35. The van der Waals surface area contributed by atoms with Crippen LogP contribution in [0.2, 0.25) is 10.0 Å². The van der Waals surface area contributed by atoms with Crippen LogP contribution in [0.25, 0.3) is 0 Å². The van der Waals surface area contributed by atoms with Crippen molar-refractivity contribution < 1.29 is 4.74 Å². The summed E-state index contributed by atoms with van der Waals surface area (Å²) in [7, 11) is 0. The van der Waals surface area contributed by atoms with Gasteiger partial charge in [-0.3, -0.25) is 0 Å². The van der Waals surface area contributed by atoms with E-state index in [-0.39, 0.29) is 6.04 Å². The molecule has 0 saturated heterocycles. The Morgan fingerprint density at radius 1 is 1.38 bits per heavy atom. The van der Waals surface area contributed by atoms with Gasteiger partial charge in [0.15, 0.2) is 0 Å². The molecule has 3 rings (SSSR count). The maximum absolute atomic E-state index is 6.32. The number of rotatable bonds is 5. The third kappa shape index (κ3) is 2.72. The monoisotopic (exact) mass is 327 g/mol. The third-order valence-electron chi connectivity index (χ3n) is 5.32. The summed E-state index contributed by atoms with van der Waals surface area (Å²) in [6, 6.07) is 6.53. The highest BCUT2D eigenvalue weighted by Crippen LogP contribution is 2.57. The summed E-state index contributed by atoms with van der Waals surface area (Å²) >= 11 is 12.3. The van der Waals surface area contributed by atoms with E-state index >= 15 is 0 Å². The lowest BCUT2D eigenvalue weighted by molar-refractivity contribution is -0.174. The number of ether oxygens (including phenoxy) is 1. The van der Waals surface area contributed by atoms with Gasteiger partial charge in [0.05, 0.1) is 6.10 Å². The zero-order valence-corrected chi connectivity index (χ0v) is 14.2. The van der Waals surface area contributed by atoms with Crippen LogP contribution >= 0.6 is 23.2 Å². The van der Waals surface area contributed by atoms with E-state index in [1.807, 2.05) is 18.2 Å². The molecule has 0 bridgehead atoms. The van der Waals surface area contributed by atoms with Gasteiger partial charge in [0, 0.05) is 34.2 Å². The van der Waals surface area contributed by atoms with Crippen molar-refractivity contribution in [3.05, 3.63) is 33.8 Å². The van der Waals surface area contributed by atoms with E-state index in [9.17, 15) is 0 Å². The molecule has 21 heavy (non-hydrogen) atoms. The minimum atomic E-state index is 0.236. The molecule has 1 N–H and O–H groups in total. The summed E-state index contributed by atoms with van der Waals surface area (Å²) in [5, 5.41) is 5.19. The van der Waals surface area contributed by atoms with Crippen molar-refractivity contribution in [1.29, 1.82) is 0 Å². The van der Waals surface area contributed by atoms with Crippen LogP contribution in [0, 0.1) is 5.41 Å². The number of nitrogens with one attached hydrogen (secondary N) is 1. The van der Waals surface area contributed by atoms with E-state index in [1.54, 1.807) is 0 Å². The lowest BCUT2D eigenvalue weighted by Gasteiger charge is -2.61. The topological polar surface area (TPSA) is 21.3 Å². The molecule has 2 fully saturated rings. The van der Waals surface area contributed by atoms with Crippen LogP contribution in [0.5, 0.6) is 0 Å². The lowest BCUT2D eigenvalue weighted by Crippen LogP contribution is -2.67. The Morgan fingerprint density at radius 3 is 2.71 bits per heavy atom. The average molecular weight is 328 g/mol. The normalized spacial score (nSPS) is 28.0. The van der Waals surface area contributed by atoms with Crippen molar-refractivity contribution in [3.63, 3.8) is 0 Å². The van der Waals surface area contributed by atoms with E-state index in [1.165, 1.54) is 19.3 Å². The zero-order valence-electron chi connectivity index (χ0n) is 12.7. The minimum Gasteiger partial charge on any atom is -0.378 e. The van der Waals surface area contributed by atoms with Gasteiger partial charge in [0.2, 0.25) is 0 Å². The molecule has 1 aromatic carbocycles. The molecule has 2 aliphatic carbocycles. The SMILES string of the molecule is CCOC1CC(NC(C)c2ccc(Cl)cc2Cl)C12CCC2. The first-order valence-corrected chi connectivity index (χ1v) is 8.65. The van der Waals surface area contributed by atoms with Crippen LogP contribution in [0.3, 0.4) is 0 Å². The molecule has 1 spiro atoms. The third-order valence-corrected chi connectivity index (χ3v) is 5.88. The summed E-state index contributed by atoms with van der Waals surface area (Å²) in [4.78, 5) is 0. The molecule has 1 aromatic rings. The van der Waals surface area contributed by atoms with Crippen LogP contribution in [0.1, 0.15) is 51.1 Å². The highest BCUT2D eigenvalue weighted by atomic mass is 35.5. The fourth-order valence-corrected chi connectivity index (χ4v) is 4.49. The molecular weight excluding hydrogens is 305 g/mol. The van der Waals surface area contributed by atoms with E-state index in [0.29, 0.717) is 22.6 Å². The maximum Gasteiger partial charge on any atom is 0.0661 e. The highest BCUT2D eigenvalue weighted by molar-refractivity contribution is 6.35. The predicted molar refractivity (Wildman–Crippen MR) is 88.1 cm³/mol. The highest BCUT2D eigenvalue weighted by Gasteiger charge is 2.58. The van der Waals surface area contributed by atoms with Crippen molar-refractivity contribution in [2.45, 2.75) is 57.7 Å². The largest absolute Gasteiger partial charge is 0.378 e. The molecule has 3 atom stereocenters. The first kappa shape index (κ1) is 15.6. The summed E-state index contributed by atoms with van der Waals surface area (Å²) in [6.07, 6.45) is 5.47. The van der Waals surface area contributed by atoms with E-state index in [0.717, 1.165) is 23.6 Å². The fraction of sp³-hybridized carbons (Fsp3) is 0.647. The van der Waals surface area contributed by atoms with Crippen molar-refractivity contribution >= 4 is 23.2 Å². The molecule has 2 aliphatic rings. The van der Waals surface area contributed by atoms with Crippen LogP contribution in [0.4, 0.5) is 0 Å². The van der Waals surface area contributed by atoms with Gasteiger partial charge in [-0.05, 0) is 50.8 Å². The van der Waals surface area contributed by atoms with Crippen molar-refractivity contribution in [2.24, 2.45) is 5.41 Å². The molecule has 0 amide bonds. The minimum absolute atomic E-state index is 0.236. The number of benzene rings is 1. The molecule has 0 radical (unpaired) electrons. The first-order chi connectivity index (χ1) is 10.1. The Balaban J connectivity index is 1.67. The maximum atomic E-state index is 6.32. The van der Waals surface area contributed by atoms with E-state index in [2.05, 4.69) is 19.2 Å². The second kappa shape index (κ2) is 6.08. The molecule has 4 heteroatoms. The summed E-state index contributed by atoms with van der Waals surface area (Å²) in [5.74, 6) is 0. The van der Waals surface area contributed by atoms with Crippen molar-refractivity contribution in [3.8, 4) is 0 Å². The molecule has 2 saturated carbocycles. The predicted octanol–water partition coefficient (Wildman–Crippen LogP) is 4.99. The standard InChI is InChI=1S/C17H23Cl2NO/c1-3-21-16-10-15(17(16)7-4-8-17)20-11(2)13-6-5-12(18)9-14(13)19/h5-6,9,11,15-16,20H,3-4,7-8,10H2,1-2H3. The number of hydrogen-bond donors (Lipinski definition) is 1. The van der Waals surface area contributed by atoms with Gasteiger partial charge < -0.3 is 10.1 Å². The Hall–Kier alpha value is -0.280. The van der Waals surface area contributed by atoms with Crippen molar-refractivity contribution in [2.75, 3.05) is 6.61 Å². The number of hydrogen-bond acceptors (Lipinski definition) is 2. The summed E-state index contributed by atoms with van der Waals surface area (Å²) in [6.45, 7) is 5.08. The van der Waals surface area contributed by atoms with Crippen LogP contribution in [0.15, 0.2) is 18.2 Å². The smallest absolute Gasteiger partial charge is 0.0661 e. The molecular formula is C17H23Cl2NO. The van der Waals surface area contributed by atoms with Gasteiger partial charge in [-0.15, -0.1) is 0 Å². The molecule has 2 nitrogen and oxygen atoms in total. The fourth-order valence-electron chi connectivity index (χ4n) is 3.92. The van der Waals surface area contributed by atoms with Gasteiger partial charge in [0.1, 0.15) is 0 Å². The second-order valence-corrected chi connectivity index (χ2v) is 7.22. The van der Waals surface area contributed by atoms with E-state index in [4.69, 9.17) is 27.9 Å². The molecule has 3 unspecified atom stereocenters. The van der Waals surface area contributed by atoms with Gasteiger partial charge in [-0.25, -0.2) is 0 Å². The lowest BCUT2D eigenvalue weighted by atomic mass is 9.51. The molecule has 116 valence electrons. The zero-order chi connectivity index (χ0) is 15.0. The van der Waals surface area contributed by atoms with Crippen LogP contribution in [-0.2, 0) is 4.74 Å². The van der Waals surface area contributed by atoms with E-state index < -0.39 is 0 Å². The van der Waals surface area contributed by atoms with Gasteiger partial charge in [-0.2, -0.15) is 0 Å². The van der Waals surface area contributed by atoms with Gasteiger partial charge >= 0.3 is 0 Å². The van der Waals surface area contributed by atoms with Crippen LogP contribution in [-0.4, -0.2) is 18.8 Å². The Labute approximate surface area is 137 Å². The van der Waals surface area contributed by atoms with Gasteiger partial charge in [0.25, 0.3) is 0 Å². The first-order valence-electron chi connectivity index (χ1n) is 7.89. The summed E-state index contributed by atoms with van der Waals surface area (Å²) in [5.41, 5.74) is 1.50. The van der Waals surface area contributed by atoms with Gasteiger partial charge in [-0.1, -0.05) is 35.7 Å². The second-order valence-electron chi connectivity index (χ2n) is 6.37. The molecule has 0 heterocycles. The van der Waals surface area contributed by atoms with Crippen LogP contribution < -0.4 is 5.32 Å².